The third-order valence-corrected chi connectivity index (χ3v) is 5.07. The number of hydrogen-bond acceptors (Lipinski definition) is 3. The molecule has 1 amide bonds. The van der Waals surface area contributed by atoms with Crippen molar-refractivity contribution in [2.24, 2.45) is 11.7 Å². The summed E-state index contributed by atoms with van der Waals surface area (Å²) in [4.78, 5) is 14.2. The van der Waals surface area contributed by atoms with Gasteiger partial charge in [0.2, 0.25) is 5.91 Å². The summed E-state index contributed by atoms with van der Waals surface area (Å²) >= 11 is 0. The van der Waals surface area contributed by atoms with Crippen LogP contribution >= 0.6 is 0 Å². The van der Waals surface area contributed by atoms with Gasteiger partial charge in [-0.25, -0.2) is 4.39 Å². The first-order valence-corrected chi connectivity index (χ1v) is 8.62. The van der Waals surface area contributed by atoms with E-state index in [4.69, 9.17) is 5.73 Å². The van der Waals surface area contributed by atoms with Crippen LogP contribution in [-0.4, -0.2) is 42.5 Å². The van der Waals surface area contributed by atoms with E-state index in [2.05, 4.69) is 10.2 Å². The van der Waals surface area contributed by atoms with Crippen LogP contribution in [0.4, 0.5) is 4.39 Å². The summed E-state index contributed by atoms with van der Waals surface area (Å²) in [6.45, 7) is 2.21. The molecule has 5 heteroatoms. The highest BCUT2D eigenvalue weighted by molar-refractivity contribution is 5.79. The Labute approximate surface area is 137 Å². The van der Waals surface area contributed by atoms with Gasteiger partial charge in [0.1, 0.15) is 5.82 Å². The van der Waals surface area contributed by atoms with Crippen LogP contribution in [0.3, 0.4) is 0 Å². The van der Waals surface area contributed by atoms with Gasteiger partial charge in [0.15, 0.2) is 0 Å². The minimum atomic E-state index is -0.227. The first-order chi connectivity index (χ1) is 11.1. The predicted molar refractivity (Wildman–Crippen MR) is 88.4 cm³/mol. The number of nitrogens with one attached hydrogen (secondary N) is 1. The minimum Gasteiger partial charge on any atom is -0.351 e. The quantitative estimate of drug-likeness (QED) is 0.888. The van der Waals surface area contributed by atoms with Crippen LogP contribution in [0, 0.1) is 11.7 Å². The number of rotatable bonds is 4. The van der Waals surface area contributed by atoms with Crippen molar-refractivity contribution >= 4 is 5.91 Å². The number of nitrogens with two attached hydrogens (primary N) is 1. The van der Waals surface area contributed by atoms with Crippen molar-refractivity contribution in [3.05, 3.63) is 35.6 Å². The number of carbonyl (C=O) groups excluding carboxylic acids is 1. The first kappa shape index (κ1) is 16.4. The first-order valence-electron chi connectivity index (χ1n) is 8.62. The molecule has 1 heterocycles. The minimum absolute atomic E-state index is 0.0766. The molecule has 0 spiro atoms. The van der Waals surface area contributed by atoms with Crippen LogP contribution < -0.4 is 11.1 Å². The summed E-state index contributed by atoms with van der Waals surface area (Å²) in [6.07, 6.45) is 5.48. The molecule has 3 rings (SSSR count). The number of halogens is 1. The zero-order valence-corrected chi connectivity index (χ0v) is 13.5. The zero-order chi connectivity index (χ0) is 16.2. The molecule has 1 aromatic carbocycles. The van der Waals surface area contributed by atoms with Crippen LogP contribution in [-0.2, 0) is 11.2 Å². The predicted octanol–water partition coefficient (Wildman–Crippen LogP) is 1.69. The van der Waals surface area contributed by atoms with Gasteiger partial charge in [-0.2, -0.15) is 0 Å². The molecule has 0 unspecified atom stereocenters. The Hall–Kier alpha value is -1.46. The smallest absolute Gasteiger partial charge is 0.234 e. The van der Waals surface area contributed by atoms with Gasteiger partial charge in [-0.3, -0.25) is 9.69 Å². The molecule has 0 aromatic heterocycles. The summed E-state index contributed by atoms with van der Waals surface area (Å²) in [7, 11) is 0. The van der Waals surface area contributed by atoms with E-state index < -0.39 is 0 Å². The maximum atomic E-state index is 13.0. The molecule has 1 aliphatic heterocycles. The third kappa shape index (κ3) is 4.52. The van der Waals surface area contributed by atoms with Crippen LogP contribution in [0.25, 0.3) is 0 Å². The maximum Gasteiger partial charge on any atom is 0.234 e. The van der Waals surface area contributed by atoms with Crippen molar-refractivity contribution < 1.29 is 9.18 Å². The van der Waals surface area contributed by atoms with Crippen LogP contribution in [0.5, 0.6) is 0 Å². The number of nitrogens with zero attached hydrogens (tertiary/aromatic N) is 1. The second-order valence-electron chi connectivity index (χ2n) is 7.00. The molecule has 1 saturated carbocycles. The molecule has 2 aliphatic rings. The molecule has 1 aliphatic carbocycles. The van der Waals surface area contributed by atoms with Gasteiger partial charge in [0.05, 0.1) is 6.54 Å². The lowest BCUT2D eigenvalue weighted by molar-refractivity contribution is -0.125. The number of carbonyl (C=O) groups is 1. The second kappa shape index (κ2) is 7.41. The highest BCUT2D eigenvalue weighted by Crippen LogP contribution is 2.24. The summed E-state index contributed by atoms with van der Waals surface area (Å²) in [5, 5.41) is 3.05. The average Bonchev–Trinajstić information content (AvgIpc) is 2.51. The van der Waals surface area contributed by atoms with E-state index in [-0.39, 0.29) is 23.8 Å². The van der Waals surface area contributed by atoms with E-state index in [1.54, 1.807) is 12.1 Å². The summed E-state index contributed by atoms with van der Waals surface area (Å²) in [6, 6.07) is 6.87. The Kier molecular flexibility index (Phi) is 5.28. The molecule has 23 heavy (non-hydrogen) atoms. The van der Waals surface area contributed by atoms with Crippen molar-refractivity contribution in [2.45, 2.75) is 44.2 Å². The highest BCUT2D eigenvalue weighted by Gasteiger charge is 2.29. The fourth-order valence-corrected chi connectivity index (χ4v) is 3.85. The molecule has 1 aromatic rings. The van der Waals surface area contributed by atoms with E-state index in [9.17, 15) is 9.18 Å². The fraction of sp³-hybridized carbons (Fsp3) is 0.611. The lowest BCUT2D eigenvalue weighted by atomic mass is 9.84. The van der Waals surface area contributed by atoms with Gasteiger partial charge in [0.25, 0.3) is 0 Å². The van der Waals surface area contributed by atoms with E-state index in [1.807, 2.05) is 0 Å². The van der Waals surface area contributed by atoms with Crippen LogP contribution in [0.1, 0.15) is 31.2 Å². The number of hydrogen-bond donors (Lipinski definition) is 2. The van der Waals surface area contributed by atoms with Crippen LogP contribution in [0.2, 0.25) is 0 Å². The number of benzene rings is 1. The van der Waals surface area contributed by atoms with Gasteiger partial charge >= 0.3 is 0 Å². The molecule has 126 valence electrons. The van der Waals surface area contributed by atoms with Crippen molar-refractivity contribution in [3.8, 4) is 0 Å². The van der Waals surface area contributed by atoms with Gasteiger partial charge in [-0.05, 0) is 42.9 Å². The van der Waals surface area contributed by atoms with Gasteiger partial charge < -0.3 is 11.1 Å². The van der Waals surface area contributed by atoms with Crippen LogP contribution in [0.15, 0.2) is 24.3 Å². The molecule has 3 atom stereocenters. The molecule has 2 fully saturated rings. The van der Waals surface area contributed by atoms with Gasteiger partial charge in [-0.15, -0.1) is 0 Å². The molecule has 0 bridgehead atoms. The topological polar surface area (TPSA) is 58.4 Å². The van der Waals surface area contributed by atoms with E-state index in [1.165, 1.54) is 31.4 Å². The molecule has 0 radical (unpaired) electrons. The SMILES string of the molecule is N[C@@H]1CCCC[C@@H]1CN1CC(=O)N[C@@H](Cc2ccc(F)cc2)C1. The largest absolute Gasteiger partial charge is 0.351 e. The Morgan fingerprint density at radius 2 is 1.96 bits per heavy atom. The zero-order valence-electron chi connectivity index (χ0n) is 13.5. The van der Waals surface area contributed by atoms with Crippen molar-refractivity contribution in [1.29, 1.82) is 0 Å². The Morgan fingerprint density at radius 1 is 1.22 bits per heavy atom. The van der Waals surface area contributed by atoms with E-state index >= 15 is 0 Å². The molecule has 3 N–H and O–H groups in total. The lowest BCUT2D eigenvalue weighted by Crippen LogP contribution is -2.56. The van der Waals surface area contributed by atoms with Gasteiger partial charge in [0, 0.05) is 25.2 Å². The molecule has 4 nitrogen and oxygen atoms in total. The summed E-state index contributed by atoms with van der Waals surface area (Å²) in [5.74, 6) is 0.350. The molecular formula is C18H26FN3O. The van der Waals surface area contributed by atoms with E-state index in [0.29, 0.717) is 12.5 Å². The Bertz CT molecular complexity index is 534. The third-order valence-electron chi connectivity index (χ3n) is 5.07. The number of amides is 1. The monoisotopic (exact) mass is 319 g/mol. The summed E-state index contributed by atoms with van der Waals surface area (Å²) in [5.41, 5.74) is 7.29. The standard InChI is InChI=1S/C18H26FN3O/c19-15-7-5-13(6-8-15)9-16-11-22(12-18(23)21-16)10-14-3-1-2-4-17(14)20/h5-8,14,16-17H,1-4,9-12,20H2,(H,21,23)/t14-,16+,17-/m1/s1. The molecular weight excluding hydrogens is 293 g/mol. The van der Waals surface area contributed by atoms with Crippen molar-refractivity contribution in [1.82, 2.24) is 10.2 Å². The normalized spacial score (nSPS) is 29.3. The highest BCUT2D eigenvalue weighted by atomic mass is 19.1. The number of piperazine rings is 1. The van der Waals surface area contributed by atoms with Gasteiger partial charge in [-0.1, -0.05) is 25.0 Å². The van der Waals surface area contributed by atoms with Crippen molar-refractivity contribution in [3.63, 3.8) is 0 Å². The van der Waals surface area contributed by atoms with E-state index in [0.717, 1.165) is 31.5 Å². The Balaban J connectivity index is 1.57. The van der Waals surface area contributed by atoms with Crippen molar-refractivity contribution in [2.75, 3.05) is 19.6 Å². The molecule has 1 saturated heterocycles. The Morgan fingerprint density at radius 3 is 2.70 bits per heavy atom. The lowest BCUT2D eigenvalue weighted by Gasteiger charge is -2.38. The second-order valence-corrected chi connectivity index (χ2v) is 7.00. The fourth-order valence-electron chi connectivity index (χ4n) is 3.85. The maximum absolute atomic E-state index is 13.0. The average molecular weight is 319 g/mol. The summed E-state index contributed by atoms with van der Waals surface area (Å²) < 4.78 is 13.0.